The summed E-state index contributed by atoms with van der Waals surface area (Å²) in [6.45, 7) is 1.79. The fourth-order valence-electron chi connectivity index (χ4n) is 2.23. The number of anilines is 1. The molecule has 1 amide bonds. The van der Waals surface area contributed by atoms with Gasteiger partial charge in [-0.2, -0.15) is 0 Å². The molecule has 0 aliphatic heterocycles. The number of aryl methyl sites for hydroxylation is 1. The zero-order valence-corrected chi connectivity index (χ0v) is 12.8. The van der Waals surface area contributed by atoms with Crippen LogP contribution in [0.4, 0.5) is 10.1 Å². The van der Waals surface area contributed by atoms with Gasteiger partial charge in [0.05, 0.1) is 5.39 Å². The molecule has 0 saturated heterocycles. The van der Waals surface area contributed by atoms with Crippen molar-refractivity contribution < 1.29 is 13.6 Å². The van der Waals surface area contributed by atoms with Crippen LogP contribution in [0, 0.1) is 12.7 Å². The second-order valence-corrected chi connectivity index (χ2v) is 5.48. The first kappa shape index (κ1) is 15.2. The van der Waals surface area contributed by atoms with Crippen LogP contribution in [0.15, 0.2) is 51.7 Å². The maximum atomic E-state index is 13.3. The number of nitrogens with one attached hydrogen (secondary N) is 1. The zero-order valence-electron chi connectivity index (χ0n) is 12.0. The molecule has 0 saturated carbocycles. The summed E-state index contributed by atoms with van der Waals surface area (Å²) in [5.74, 6) is -1.29. The van der Waals surface area contributed by atoms with Gasteiger partial charge in [0.1, 0.15) is 5.82 Å². The molecule has 1 aromatic heterocycles. The highest BCUT2D eigenvalue weighted by molar-refractivity contribution is 6.30. The maximum absolute atomic E-state index is 13.3. The van der Waals surface area contributed by atoms with E-state index in [0.29, 0.717) is 16.1 Å². The first-order valence-corrected chi connectivity index (χ1v) is 7.13. The Morgan fingerprint density at radius 3 is 2.70 bits per heavy atom. The van der Waals surface area contributed by atoms with Gasteiger partial charge < -0.3 is 9.73 Å². The molecule has 23 heavy (non-hydrogen) atoms. The predicted molar refractivity (Wildman–Crippen MR) is 86.6 cm³/mol. The Morgan fingerprint density at radius 2 is 1.96 bits per heavy atom. The Kier molecular flexibility index (Phi) is 3.88. The fraction of sp³-hybridized carbons (Fsp3) is 0.0588. The molecule has 0 bridgehead atoms. The summed E-state index contributed by atoms with van der Waals surface area (Å²) in [5, 5.41) is 3.70. The number of fused-ring (bicyclic) bond motifs is 1. The molecule has 2 aromatic carbocycles. The lowest BCUT2D eigenvalue weighted by Crippen LogP contribution is -2.15. The van der Waals surface area contributed by atoms with Gasteiger partial charge in [0.25, 0.3) is 5.91 Å². The minimum Gasteiger partial charge on any atom is -0.417 e. The van der Waals surface area contributed by atoms with Crippen LogP contribution in [0.5, 0.6) is 0 Å². The van der Waals surface area contributed by atoms with Crippen molar-refractivity contribution >= 4 is 34.0 Å². The number of carbonyl (C=O) groups is 1. The van der Waals surface area contributed by atoms with E-state index in [1.165, 1.54) is 18.2 Å². The van der Waals surface area contributed by atoms with Crippen molar-refractivity contribution in [3.8, 4) is 0 Å². The van der Waals surface area contributed by atoms with Crippen molar-refractivity contribution in [2.45, 2.75) is 6.92 Å². The third kappa shape index (κ3) is 3.10. The Morgan fingerprint density at radius 1 is 1.17 bits per heavy atom. The van der Waals surface area contributed by atoms with E-state index < -0.39 is 17.3 Å². The lowest BCUT2D eigenvalue weighted by Gasteiger charge is -2.08. The van der Waals surface area contributed by atoms with E-state index in [0.717, 1.165) is 11.6 Å². The Balaban J connectivity index is 1.99. The number of halogens is 2. The lowest BCUT2D eigenvalue weighted by atomic mass is 10.1. The normalized spacial score (nSPS) is 10.7. The average molecular weight is 332 g/mol. The molecule has 0 aliphatic rings. The molecule has 1 heterocycles. The number of hydrogen-bond acceptors (Lipinski definition) is 3. The molecule has 0 radical (unpaired) electrons. The van der Waals surface area contributed by atoms with Crippen LogP contribution < -0.4 is 10.9 Å². The third-order valence-electron chi connectivity index (χ3n) is 3.38. The van der Waals surface area contributed by atoms with E-state index in [-0.39, 0.29) is 11.1 Å². The second-order valence-electron chi connectivity index (χ2n) is 5.04. The fourth-order valence-corrected chi connectivity index (χ4v) is 2.45. The zero-order chi connectivity index (χ0) is 16.6. The summed E-state index contributed by atoms with van der Waals surface area (Å²) in [4.78, 5) is 24.2. The highest BCUT2D eigenvalue weighted by atomic mass is 35.5. The highest BCUT2D eigenvalue weighted by Crippen LogP contribution is 2.21. The van der Waals surface area contributed by atoms with Gasteiger partial charge in [-0.1, -0.05) is 11.6 Å². The number of rotatable bonds is 2. The molecule has 0 fully saturated rings. The molecule has 116 valence electrons. The van der Waals surface area contributed by atoms with Gasteiger partial charge in [0.15, 0.2) is 5.76 Å². The quantitative estimate of drug-likeness (QED) is 0.767. The van der Waals surface area contributed by atoms with Crippen LogP contribution >= 0.6 is 11.6 Å². The van der Waals surface area contributed by atoms with E-state index in [9.17, 15) is 14.0 Å². The average Bonchev–Trinajstić information content (AvgIpc) is 2.49. The number of carbonyl (C=O) groups excluding carboxylic acids is 1. The van der Waals surface area contributed by atoms with Gasteiger partial charge in [-0.25, -0.2) is 9.18 Å². The van der Waals surface area contributed by atoms with Gasteiger partial charge in [-0.05, 0) is 60.3 Å². The molecule has 4 nitrogen and oxygen atoms in total. The summed E-state index contributed by atoms with van der Waals surface area (Å²) in [6, 6.07) is 9.97. The molecule has 0 aliphatic carbocycles. The predicted octanol–water partition coefficient (Wildman–Crippen LogP) is 4.15. The van der Waals surface area contributed by atoms with Crippen LogP contribution in [0.25, 0.3) is 10.8 Å². The van der Waals surface area contributed by atoms with E-state index in [1.807, 2.05) is 0 Å². The Labute approximate surface area is 135 Å². The van der Waals surface area contributed by atoms with E-state index in [1.54, 1.807) is 25.1 Å². The molecule has 3 aromatic rings. The van der Waals surface area contributed by atoms with Gasteiger partial charge >= 0.3 is 5.63 Å². The van der Waals surface area contributed by atoms with Crippen LogP contribution in [-0.4, -0.2) is 5.91 Å². The first-order chi connectivity index (χ1) is 10.9. The Bertz CT molecular complexity index is 981. The van der Waals surface area contributed by atoms with Crippen molar-refractivity contribution in [1.29, 1.82) is 0 Å². The number of hydrogen-bond donors (Lipinski definition) is 1. The maximum Gasteiger partial charge on any atom is 0.344 e. The van der Waals surface area contributed by atoms with Crippen molar-refractivity contribution in [3.05, 3.63) is 75.0 Å². The van der Waals surface area contributed by atoms with Gasteiger partial charge in [-0.3, -0.25) is 4.79 Å². The highest BCUT2D eigenvalue weighted by Gasteiger charge is 2.14. The minimum atomic E-state index is -0.694. The van der Waals surface area contributed by atoms with Gasteiger partial charge in [-0.15, -0.1) is 0 Å². The van der Waals surface area contributed by atoms with E-state index in [4.69, 9.17) is 16.0 Å². The second kappa shape index (κ2) is 5.85. The molecule has 1 N–H and O–H groups in total. The summed E-state index contributed by atoms with van der Waals surface area (Å²) >= 11 is 5.86. The Hall–Kier alpha value is -2.66. The molecule has 0 spiro atoms. The third-order valence-corrected chi connectivity index (χ3v) is 3.62. The smallest absolute Gasteiger partial charge is 0.344 e. The molecular weight excluding hydrogens is 321 g/mol. The van der Waals surface area contributed by atoms with Crippen LogP contribution in [-0.2, 0) is 0 Å². The number of amides is 1. The SMILES string of the molecule is Cc1cc(Cl)ccc1NC(=O)c1cc2cc(F)ccc2c(=O)o1. The standard InChI is InChI=1S/C17H11ClFNO3/c1-9-6-11(18)2-5-14(9)20-16(21)15-8-10-7-12(19)3-4-13(10)17(22)23-15/h2-8H,1H3,(H,20,21). The van der Waals surface area contributed by atoms with Crippen molar-refractivity contribution in [3.63, 3.8) is 0 Å². The lowest BCUT2D eigenvalue weighted by molar-refractivity contribution is 0.0993. The summed E-state index contributed by atoms with van der Waals surface area (Å²) < 4.78 is 18.3. The molecule has 6 heteroatoms. The monoisotopic (exact) mass is 331 g/mol. The van der Waals surface area contributed by atoms with Crippen LogP contribution in [0.1, 0.15) is 16.1 Å². The molecule has 0 atom stereocenters. The largest absolute Gasteiger partial charge is 0.417 e. The number of benzene rings is 2. The van der Waals surface area contributed by atoms with Crippen LogP contribution in [0.3, 0.4) is 0 Å². The van der Waals surface area contributed by atoms with E-state index >= 15 is 0 Å². The molecule has 0 unspecified atom stereocenters. The first-order valence-electron chi connectivity index (χ1n) is 6.75. The van der Waals surface area contributed by atoms with E-state index in [2.05, 4.69) is 5.32 Å². The summed E-state index contributed by atoms with van der Waals surface area (Å²) in [5.41, 5.74) is 0.613. The van der Waals surface area contributed by atoms with Crippen molar-refractivity contribution in [2.75, 3.05) is 5.32 Å². The van der Waals surface area contributed by atoms with Gasteiger partial charge in [0, 0.05) is 10.7 Å². The summed E-state index contributed by atoms with van der Waals surface area (Å²) in [7, 11) is 0. The van der Waals surface area contributed by atoms with Gasteiger partial charge in [0.2, 0.25) is 0 Å². The molecule has 3 rings (SSSR count). The minimum absolute atomic E-state index is 0.192. The van der Waals surface area contributed by atoms with Crippen molar-refractivity contribution in [2.24, 2.45) is 0 Å². The van der Waals surface area contributed by atoms with Crippen LogP contribution in [0.2, 0.25) is 5.02 Å². The topological polar surface area (TPSA) is 59.3 Å². The molecular formula is C17H11ClFNO3. The summed E-state index contributed by atoms with van der Waals surface area (Å²) in [6.07, 6.45) is 0. The van der Waals surface area contributed by atoms with Crippen molar-refractivity contribution in [1.82, 2.24) is 0 Å².